The highest BCUT2D eigenvalue weighted by Crippen LogP contribution is 2.20. The first kappa shape index (κ1) is 25.6. The Labute approximate surface area is 215 Å². The Hall–Kier alpha value is -4.46. The predicted octanol–water partition coefficient (Wildman–Crippen LogP) is 2.96. The first-order valence-corrected chi connectivity index (χ1v) is 12.1. The lowest BCUT2D eigenvalue weighted by Gasteiger charge is -2.30. The Morgan fingerprint density at radius 3 is 2.00 bits per heavy atom. The highest BCUT2D eigenvalue weighted by molar-refractivity contribution is 5.95. The normalized spacial score (nSPS) is 17.7. The molecule has 1 saturated heterocycles. The quantitative estimate of drug-likeness (QED) is 0.457. The van der Waals surface area contributed by atoms with Gasteiger partial charge in [-0.3, -0.25) is 9.59 Å². The summed E-state index contributed by atoms with van der Waals surface area (Å²) in [5.74, 6) is -0.793. The van der Waals surface area contributed by atoms with Gasteiger partial charge < -0.3 is 24.6 Å². The molecule has 3 amide bonds. The molecule has 8 heteroatoms. The summed E-state index contributed by atoms with van der Waals surface area (Å²) in [7, 11) is 0. The van der Waals surface area contributed by atoms with Crippen LogP contribution in [0.1, 0.15) is 16.7 Å². The van der Waals surface area contributed by atoms with Crippen LogP contribution in [-0.2, 0) is 38.7 Å². The minimum absolute atomic E-state index is 0.0366. The molecule has 1 fully saturated rings. The van der Waals surface area contributed by atoms with Gasteiger partial charge in [-0.25, -0.2) is 4.79 Å². The zero-order chi connectivity index (χ0) is 26.0. The molecule has 1 heterocycles. The van der Waals surface area contributed by atoms with Crippen LogP contribution in [0.3, 0.4) is 0 Å². The predicted molar refractivity (Wildman–Crippen MR) is 137 cm³/mol. The number of ether oxygens (including phenoxy) is 1. The smallest absolute Gasteiger partial charge is 0.408 e. The summed E-state index contributed by atoms with van der Waals surface area (Å²) >= 11 is 0. The van der Waals surface area contributed by atoms with Crippen molar-refractivity contribution in [2.75, 3.05) is 13.1 Å². The zero-order valence-corrected chi connectivity index (χ0v) is 20.4. The molecule has 1 aliphatic rings. The SMILES string of the molecule is O=CCN1C(=O)C(NC(=O)OCc2ccccc2)CN(Cc2ccccc2)C(=O)[C@@H]1Cc1ccccc1. The summed E-state index contributed by atoms with van der Waals surface area (Å²) in [6.45, 7) is -0.0223. The molecule has 0 bridgehead atoms. The number of nitrogens with zero attached hydrogens (tertiary/aromatic N) is 2. The molecule has 8 nitrogen and oxygen atoms in total. The number of alkyl carbamates (subject to hydrolysis) is 1. The standard InChI is InChI=1S/C29H29N3O5/c33-17-16-32-26(18-22-10-4-1-5-11-22)28(35)31(19-23-12-6-2-7-13-23)20-25(27(32)34)30-29(36)37-21-24-14-8-3-9-15-24/h1-15,17,25-26H,16,18-21H2,(H,30,36)/t25?,26-/m0/s1. The largest absolute Gasteiger partial charge is 0.445 e. The number of nitrogens with one attached hydrogen (secondary N) is 1. The van der Waals surface area contributed by atoms with E-state index in [-0.39, 0.29) is 38.6 Å². The molecule has 4 rings (SSSR count). The Kier molecular flexibility index (Phi) is 8.65. The molecule has 3 aromatic rings. The monoisotopic (exact) mass is 499 g/mol. The highest BCUT2D eigenvalue weighted by Gasteiger charge is 2.41. The summed E-state index contributed by atoms with van der Waals surface area (Å²) < 4.78 is 5.32. The van der Waals surface area contributed by atoms with Crippen molar-refractivity contribution in [2.45, 2.75) is 31.7 Å². The van der Waals surface area contributed by atoms with Gasteiger partial charge in [0.15, 0.2) is 0 Å². The molecule has 190 valence electrons. The van der Waals surface area contributed by atoms with E-state index in [1.54, 1.807) is 4.90 Å². The first-order chi connectivity index (χ1) is 18.0. The van der Waals surface area contributed by atoms with E-state index in [9.17, 15) is 19.2 Å². The van der Waals surface area contributed by atoms with E-state index >= 15 is 0 Å². The molecule has 1 N–H and O–H groups in total. The number of carbonyl (C=O) groups excluding carboxylic acids is 4. The molecular formula is C29H29N3O5. The minimum atomic E-state index is -1.07. The molecule has 0 aliphatic carbocycles. The average Bonchev–Trinajstić information content (AvgIpc) is 3.01. The van der Waals surface area contributed by atoms with Gasteiger partial charge in [0.2, 0.25) is 11.8 Å². The van der Waals surface area contributed by atoms with Crippen LogP contribution in [0.15, 0.2) is 91.0 Å². The highest BCUT2D eigenvalue weighted by atomic mass is 16.5. The van der Waals surface area contributed by atoms with E-state index in [4.69, 9.17) is 4.74 Å². The fourth-order valence-corrected chi connectivity index (χ4v) is 4.38. The van der Waals surface area contributed by atoms with Crippen LogP contribution >= 0.6 is 0 Å². The summed E-state index contributed by atoms with van der Waals surface area (Å²) in [6, 6.07) is 26.0. The number of aldehydes is 1. The second-order valence-electron chi connectivity index (χ2n) is 8.83. The summed E-state index contributed by atoms with van der Waals surface area (Å²) in [5.41, 5.74) is 2.55. The van der Waals surface area contributed by atoms with E-state index in [0.717, 1.165) is 16.7 Å². The van der Waals surface area contributed by atoms with Crippen LogP contribution < -0.4 is 5.32 Å². The topological polar surface area (TPSA) is 96.0 Å². The van der Waals surface area contributed by atoms with Crippen molar-refractivity contribution in [3.8, 4) is 0 Å². The molecule has 0 radical (unpaired) electrons. The van der Waals surface area contributed by atoms with Crippen molar-refractivity contribution < 1.29 is 23.9 Å². The third-order valence-electron chi connectivity index (χ3n) is 6.22. The fraction of sp³-hybridized carbons (Fsp3) is 0.241. The lowest BCUT2D eigenvalue weighted by molar-refractivity contribution is -0.142. The number of carbonyl (C=O) groups is 4. The fourth-order valence-electron chi connectivity index (χ4n) is 4.38. The van der Waals surface area contributed by atoms with Gasteiger partial charge in [-0.2, -0.15) is 0 Å². The summed E-state index contributed by atoms with van der Waals surface area (Å²) in [4.78, 5) is 54.4. The van der Waals surface area contributed by atoms with Gasteiger partial charge in [-0.1, -0.05) is 91.0 Å². The molecule has 1 unspecified atom stereocenters. The van der Waals surface area contributed by atoms with E-state index in [2.05, 4.69) is 5.32 Å². The summed E-state index contributed by atoms with van der Waals surface area (Å²) in [5, 5.41) is 2.63. The van der Waals surface area contributed by atoms with E-state index in [0.29, 0.717) is 6.29 Å². The van der Waals surface area contributed by atoms with Crippen LogP contribution in [0.25, 0.3) is 0 Å². The Morgan fingerprint density at radius 1 is 0.838 bits per heavy atom. The van der Waals surface area contributed by atoms with E-state index < -0.39 is 24.1 Å². The van der Waals surface area contributed by atoms with Crippen molar-refractivity contribution in [3.63, 3.8) is 0 Å². The van der Waals surface area contributed by atoms with Crippen LogP contribution in [0.4, 0.5) is 4.79 Å². The molecule has 2 atom stereocenters. The van der Waals surface area contributed by atoms with Crippen molar-refractivity contribution in [1.29, 1.82) is 0 Å². The van der Waals surface area contributed by atoms with Crippen LogP contribution in [0, 0.1) is 0 Å². The third kappa shape index (κ3) is 6.82. The molecule has 0 spiro atoms. The Bertz CT molecular complexity index is 1200. The van der Waals surface area contributed by atoms with Gasteiger partial charge in [-0.15, -0.1) is 0 Å². The lowest BCUT2D eigenvalue weighted by Crippen LogP contribution is -2.53. The molecule has 1 aliphatic heterocycles. The van der Waals surface area contributed by atoms with E-state index in [1.165, 1.54) is 4.90 Å². The number of amides is 3. The maximum atomic E-state index is 13.8. The number of benzene rings is 3. The van der Waals surface area contributed by atoms with Gasteiger partial charge in [0.05, 0.1) is 13.1 Å². The number of rotatable bonds is 9. The maximum absolute atomic E-state index is 13.8. The van der Waals surface area contributed by atoms with Gasteiger partial charge in [0, 0.05) is 13.0 Å². The molecule has 0 aromatic heterocycles. The van der Waals surface area contributed by atoms with Crippen molar-refractivity contribution >= 4 is 24.2 Å². The van der Waals surface area contributed by atoms with Gasteiger partial charge in [-0.05, 0) is 16.7 Å². The van der Waals surface area contributed by atoms with Gasteiger partial charge >= 0.3 is 6.09 Å². The Morgan fingerprint density at radius 2 is 1.41 bits per heavy atom. The number of hydrogen-bond donors (Lipinski definition) is 1. The van der Waals surface area contributed by atoms with Crippen molar-refractivity contribution in [3.05, 3.63) is 108 Å². The number of hydrogen-bond acceptors (Lipinski definition) is 5. The van der Waals surface area contributed by atoms with Crippen molar-refractivity contribution in [2.24, 2.45) is 0 Å². The average molecular weight is 500 g/mol. The molecular weight excluding hydrogens is 470 g/mol. The molecule has 3 aromatic carbocycles. The minimum Gasteiger partial charge on any atom is -0.445 e. The van der Waals surface area contributed by atoms with E-state index in [1.807, 2.05) is 91.0 Å². The van der Waals surface area contributed by atoms with Crippen LogP contribution in [0.5, 0.6) is 0 Å². The lowest BCUT2D eigenvalue weighted by atomic mass is 10.0. The van der Waals surface area contributed by atoms with Crippen LogP contribution in [0.2, 0.25) is 0 Å². The van der Waals surface area contributed by atoms with Gasteiger partial charge in [0.25, 0.3) is 0 Å². The maximum Gasteiger partial charge on any atom is 0.408 e. The first-order valence-electron chi connectivity index (χ1n) is 12.1. The van der Waals surface area contributed by atoms with Gasteiger partial charge in [0.1, 0.15) is 25.0 Å². The third-order valence-corrected chi connectivity index (χ3v) is 6.22. The molecule has 0 saturated carbocycles. The van der Waals surface area contributed by atoms with Crippen LogP contribution in [-0.4, -0.2) is 59.2 Å². The second kappa shape index (κ2) is 12.5. The molecule has 37 heavy (non-hydrogen) atoms. The Balaban J connectivity index is 1.59. The second-order valence-corrected chi connectivity index (χ2v) is 8.83. The summed E-state index contributed by atoms with van der Waals surface area (Å²) in [6.07, 6.45) is 0.0677. The zero-order valence-electron chi connectivity index (χ0n) is 20.4. The van der Waals surface area contributed by atoms with Crippen molar-refractivity contribution in [1.82, 2.24) is 15.1 Å².